The Labute approximate surface area is 193 Å². The van der Waals surface area contributed by atoms with Crippen LogP contribution < -0.4 is 10.2 Å². The minimum absolute atomic E-state index is 0.0115. The first-order valence-electron chi connectivity index (χ1n) is 11.3. The van der Waals surface area contributed by atoms with E-state index in [4.69, 9.17) is 5.26 Å². The van der Waals surface area contributed by atoms with Crippen LogP contribution in [-0.4, -0.2) is 70.0 Å². The average molecular weight is 451 g/mol. The lowest BCUT2D eigenvalue weighted by atomic mass is 9.91. The maximum absolute atomic E-state index is 11.6. The molecule has 3 heterocycles. The first-order chi connectivity index (χ1) is 15.7. The van der Waals surface area contributed by atoms with Crippen molar-refractivity contribution in [1.29, 1.82) is 5.26 Å². The number of hydrogen-bond donors (Lipinski definition) is 3. The number of phenolic OH excluding ortho intramolecular Hbond substituents is 1. The van der Waals surface area contributed by atoms with Gasteiger partial charge in [0.2, 0.25) is 0 Å². The number of phenols is 1. The van der Waals surface area contributed by atoms with Crippen LogP contribution in [0.2, 0.25) is 0 Å². The van der Waals surface area contributed by atoms with Gasteiger partial charge >= 0.3 is 5.97 Å². The van der Waals surface area contributed by atoms with Crippen molar-refractivity contribution in [2.75, 3.05) is 42.9 Å². The molecule has 0 radical (unpaired) electrons. The number of carboxylic acid groups (broad SMARTS) is 1. The van der Waals surface area contributed by atoms with Gasteiger partial charge in [-0.3, -0.25) is 4.79 Å². The number of likely N-dealkylation sites (tertiary alicyclic amines) is 1. The summed E-state index contributed by atoms with van der Waals surface area (Å²) in [7, 11) is 0. The molecule has 0 spiro atoms. The lowest BCUT2D eigenvalue weighted by molar-refractivity contribution is -0.148. The predicted molar refractivity (Wildman–Crippen MR) is 125 cm³/mol. The van der Waals surface area contributed by atoms with Crippen molar-refractivity contribution in [2.24, 2.45) is 5.41 Å². The van der Waals surface area contributed by atoms with E-state index >= 15 is 0 Å². The van der Waals surface area contributed by atoms with Gasteiger partial charge in [-0.25, -0.2) is 0 Å². The number of nitrogens with zero attached hydrogens (tertiary/aromatic N) is 5. The number of aliphatic carboxylic acids is 1. The summed E-state index contributed by atoms with van der Waals surface area (Å²) < 4.78 is 0. The first kappa shape index (κ1) is 22.8. The summed E-state index contributed by atoms with van der Waals surface area (Å²) in [5.41, 5.74) is 2.35. The topological polar surface area (TPSA) is 126 Å². The van der Waals surface area contributed by atoms with Gasteiger partial charge in [0.05, 0.1) is 28.4 Å². The third kappa shape index (κ3) is 4.57. The fraction of sp³-hybridized carbons (Fsp3) is 0.500. The summed E-state index contributed by atoms with van der Waals surface area (Å²) in [5, 5.41) is 41.5. The number of rotatable bonds is 5. The Morgan fingerprint density at radius 2 is 2.09 bits per heavy atom. The molecule has 0 amide bonds. The maximum Gasteiger partial charge on any atom is 0.310 e. The van der Waals surface area contributed by atoms with Crippen LogP contribution in [-0.2, 0) is 4.79 Å². The molecule has 33 heavy (non-hydrogen) atoms. The highest BCUT2D eigenvalue weighted by molar-refractivity contribution is 5.78. The molecular formula is C24H30N6O3. The van der Waals surface area contributed by atoms with Crippen molar-refractivity contribution in [3.63, 3.8) is 0 Å². The molecule has 2 aliphatic rings. The van der Waals surface area contributed by atoms with Crippen LogP contribution in [0.5, 0.6) is 5.75 Å². The Kier molecular flexibility index (Phi) is 6.13. The van der Waals surface area contributed by atoms with Gasteiger partial charge in [0.15, 0.2) is 5.82 Å². The molecular weight excluding hydrogens is 420 g/mol. The second-order valence-corrected chi connectivity index (χ2v) is 9.61. The zero-order chi connectivity index (χ0) is 23.8. The molecule has 1 unspecified atom stereocenters. The van der Waals surface area contributed by atoms with E-state index < -0.39 is 11.4 Å². The molecule has 3 N–H and O–H groups in total. The lowest BCUT2D eigenvalue weighted by Crippen LogP contribution is -2.53. The normalized spacial score (nSPS) is 18.8. The van der Waals surface area contributed by atoms with Gasteiger partial charge in [-0.2, -0.15) is 5.26 Å². The van der Waals surface area contributed by atoms with Gasteiger partial charge in [-0.15, -0.1) is 10.2 Å². The largest absolute Gasteiger partial charge is 0.507 e. The van der Waals surface area contributed by atoms with Crippen LogP contribution >= 0.6 is 0 Å². The van der Waals surface area contributed by atoms with Gasteiger partial charge < -0.3 is 25.3 Å². The van der Waals surface area contributed by atoms with Crippen LogP contribution in [0, 0.1) is 23.7 Å². The number of benzene rings is 1. The van der Waals surface area contributed by atoms with Crippen LogP contribution in [0.15, 0.2) is 18.2 Å². The number of aryl methyl sites for hydroxylation is 1. The van der Waals surface area contributed by atoms with Gasteiger partial charge in [-0.05, 0) is 63.9 Å². The zero-order valence-electron chi connectivity index (χ0n) is 19.3. The summed E-state index contributed by atoms with van der Waals surface area (Å²) in [5.74, 6) is 0.00875. The summed E-state index contributed by atoms with van der Waals surface area (Å²) in [6.45, 7) is 9.13. The number of carboxylic acids is 1. The number of nitriles is 1. The van der Waals surface area contributed by atoms with Gasteiger partial charge in [-0.1, -0.05) is 0 Å². The number of anilines is 2. The van der Waals surface area contributed by atoms with Crippen LogP contribution in [0.1, 0.15) is 37.8 Å². The second kappa shape index (κ2) is 8.87. The molecule has 174 valence electrons. The van der Waals surface area contributed by atoms with E-state index in [-0.39, 0.29) is 11.8 Å². The third-order valence-corrected chi connectivity index (χ3v) is 6.53. The molecule has 0 aliphatic carbocycles. The molecule has 2 aromatic rings. The number of piperidine rings is 1. The van der Waals surface area contributed by atoms with E-state index in [1.54, 1.807) is 19.9 Å². The smallest absolute Gasteiger partial charge is 0.310 e. The number of nitrogens with one attached hydrogen (secondary N) is 1. The van der Waals surface area contributed by atoms with Crippen molar-refractivity contribution >= 4 is 17.5 Å². The summed E-state index contributed by atoms with van der Waals surface area (Å²) >= 11 is 0. The van der Waals surface area contributed by atoms with Crippen molar-refractivity contribution in [1.82, 2.24) is 15.1 Å². The Bertz CT molecular complexity index is 1090. The number of hydrogen-bond acceptors (Lipinski definition) is 8. The van der Waals surface area contributed by atoms with E-state index in [1.807, 2.05) is 13.0 Å². The molecule has 9 heteroatoms. The van der Waals surface area contributed by atoms with Crippen molar-refractivity contribution < 1.29 is 15.0 Å². The van der Waals surface area contributed by atoms with Gasteiger partial charge in [0.25, 0.3) is 0 Å². The minimum Gasteiger partial charge on any atom is -0.507 e. The van der Waals surface area contributed by atoms with Crippen LogP contribution in [0.3, 0.4) is 0 Å². The molecule has 9 nitrogen and oxygen atoms in total. The van der Waals surface area contributed by atoms with E-state index in [0.717, 1.165) is 56.1 Å². The summed E-state index contributed by atoms with van der Waals surface area (Å²) in [6.07, 6.45) is 2.02. The van der Waals surface area contributed by atoms with Crippen molar-refractivity contribution in [2.45, 2.75) is 39.7 Å². The number of aromatic hydroxyl groups is 1. The standard InChI is InChI=1S/C24H30N6O3/c1-15-9-16(12-25)10-20(31)21(15)18-11-19-22(28-27-18)30(8-6-26-19)17-5-4-7-29(13-17)14-24(2,3)23(32)33/h9-11,17,26,31H,4-8,13-14H2,1-3H3,(H,32,33). The van der Waals surface area contributed by atoms with Crippen molar-refractivity contribution in [3.8, 4) is 23.1 Å². The van der Waals surface area contributed by atoms with Gasteiger partial charge in [0, 0.05) is 37.8 Å². The summed E-state index contributed by atoms with van der Waals surface area (Å²) in [6, 6.07) is 7.35. The van der Waals surface area contributed by atoms with E-state index in [9.17, 15) is 15.0 Å². The Hall–Kier alpha value is -3.38. The van der Waals surface area contributed by atoms with E-state index in [0.29, 0.717) is 23.4 Å². The molecule has 1 aromatic carbocycles. The first-order valence-corrected chi connectivity index (χ1v) is 11.3. The molecule has 0 saturated carbocycles. The maximum atomic E-state index is 11.6. The molecule has 1 saturated heterocycles. The highest BCUT2D eigenvalue weighted by Crippen LogP contribution is 2.37. The molecule has 1 fully saturated rings. The summed E-state index contributed by atoms with van der Waals surface area (Å²) in [4.78, 5) is 16.1. The number of aromatic nitrogens is 2. The van der Waals surface area contributed by atoms with E-state index in [2.05, 4.69) is 31.4 Å². The van der Waals surface area contributed by atoms with Crippen molar-refractivity contribution in [3.05, 3.63) is 29.3 Å². The minimum atomic E-state index is -0.793. The lowest BCUT2D eigenvalue weighted by Gasteiger charge is -2.43. The Balaban J connectivity index is 1.58. The molecule has 1 aromatic heterocycles. The highest BCUT2D eigenvalue weighted by atomic mass is 16.4. The molecule has 0 bridgehead atoms. The molecule has 2 aliphatic heterocycles. The SMILES string of the molecule is Cc1cc(C#N)cc(O)c1-c1cc2c(nn1)N(C1CCCN(CC(C)(C)C(=O)O)C1)CCN2. The van der Waals surface area contributed by atoms with Crippen LogP contribution in [0.25, 0.3) is 11.3 Å². The Morgan fingerprint density at radius 1 is 1.30 bits per heavy atom. The quantitative estimate of drug-likeness (QED) is 0.630. The fourth-order valence-corrected chi connectivity index (χ4v) is 4.84. The van der Waals surface area contributed by atoms with Gasteiger partial charge in [0.1, 0.15) is 5.75 Å². The van der Waals surface area contributed by atoms with Crippen LogP contribution in [0.4, 0.5) is 11.5 Å². The number of fused-ring (bicyclic) bond motifs is 1. The third-order valence-electron chi connectivity index (χ3n) is 6.53. The molecule has 1 atom stereocenters. The fourth-order valence-electron chi connectivity index (χ4n) is 4.84. The van der Waals surface area contributed by atoms with E-state index in [1.165, 1.54) is 6.07 Å². The highest BCUT2D eigenvalue weighted by Gasteiger charge is 2.35. The average Bonchev–Trinajstić information content (AvgIpc) is 2.77. The second-order valence-electron chi connectivity index (χ2n) is 9.61. The predicted octanol–water partition coefficient (Wildman–Crippen LogP) is 2.84. The number of carbonyl (C=O) groups is 1. The monoisotopic (exact) mass is 450 g/mol. The molecule has 4 rings (SSSR count). The Morgan fingerprint density at radius 3 is 2.79 bits per heavy atom. The zero-order valence-corrected chi connectivity index (χ0v) is 19.3.